The molecule has 166 valence electrons. The molecule has 2 aromatic carbocycles. The summed E-state index contributed by atoms with van der Waals surface area (Å²) in [7, 11) is 1.42. The molecule has 0 saturated heterocycles. The Morgan fingerprint density at radius 3 is 2.38 bits per heavy atom. The number of nitrogens with zero attached hydrogens (tertiary/aromatic N) is 4. The van der Waals surface area contributed by atoms with E-state index in [1.165, 1.54) is 19.2 Å². The molecule has 1 aliphatic rings. The minimum atomic E-state index is -3.51. The van der Waals surface area contributed by atoms with Gasteiger partial charge in [-0.1, -0.05) is 24.3 Å². The Balaban J connectivity index is 1.66. The van der Waals surface area contributed by atoms with Gasteiger partial charge in [-0.2, -0.15) is 4.98 Å². The standard InChI is InChI=1S/C22H24N6O3S/c1-14-7-5-6-8-17(14)19-21(29)27(3)18-13-24-22(26-20(18)28(19)4)25-15-9-11-16(12-10-15)32(30,31)23-2/h5-13,19,23H,1-4H3,(H,24,25,26). The number of carbonyl (C=O) groups excluding carboxylic acids is 1. The van der Waals surface area contributed by atoms with Crippen molar-refractivity contribution in [2.45, 2.75) is 17.9 Å². The molecule has 10 heteroatoms. The molecule has 2 N–H and O–H groups in total. The van der Waals surface area contributed by atoms with Crippen molar-refractivity contribution in [1.82, 2.24) is 14.7 Å². The van der Waals surface area contributed by atoms with Gasteiger partial charge in [0.25, 0.3) is 5.91 Å². The van der Waals surface area contributed by atoms with Crippen molar-refractivity contribution in [2.24, 2.45) is 0 Å². The van der Waals surface area contributed by atoms with Crippen molar-refractivity contribution >= 4 is 39.1 Å². The van der Waals surface area contributed by atoms with Crippen molar-refractivity contribution < 1.29 is 13.2 Å². The van der Waals surface area contributed by atoms with E-state index in [0.29, 0.717) is 23.1 Å². The van der Waals surface area contributed by atoms with Crippen LogP contribution in [0.1, 0.15) is 17.2 Å². The van der Waals surface area contributed by atoms with Crippen molar-refractivity contribution in [3.05, 3.63) is 65.9 Å². The zero-order valence-electron chi connectivity index (χ0n) is 18.2. The number of benzene rings is 2. The minimum absolute atomic E-state index is 0.0556. The lowest BCUT2D eigenvalue weighted by atomic mass is 9.97. The van der Waals surface area contributed by atoms with Crippen LogP contribution in [0, 0.1) is 6.92 Å². The van der Waals surface area contributed by atoms with E-state index in [4.69, 9.17) is 0 Å². The van der Waals surface area contributed by atoms with Gasteiger partial charge >= 0.3 is 0 Å². The van der Waals surface area contributed by atoms with Gasteiger partial charge in [-0.25, -0.2) is 18.1 Å². The van der Waals surface area contributed by atoms with E-state index >= 15 is 0 Å². The van der Waals surface area contributed by atoms with Crippen LogP contribution in [0.5, 0.6) is 0 Å². The number of hydrogen-bond acceptors (Lipinski definition) is 7. The second-order valence-corrected chi connectivity index (χ2v) is 9.41. The average Bonchev–Trinajstić information content (AvgIpc) is 2.79. The van der Waals surface area contributed by atoms with E-state index in [-0.39, 0.29) is 10.8 Å². The molecule has 2 heterocycles. The molecule has 1 unspecified atom stereocenters. The van der Waals surface area contributed by atoms with Crippen LogP contribution in [0.4, 0.5) is 23.1 Å². The molecule has 0 spiro atoms. The van der Waals surface area contributed by atoms with Crippen LogP contribution in [0.15, 0.2) is 59.6 Å². The number of amides is 1. The lowest BCUT2D eigenvalue weighted by molar-refractivity contribution is -0.120. The Labute approximate surface area is 187 Å². The zero-order valence-corrected chi connectivity index (χ0v) is 19.0. The van der Waals surface area contributed by atoms with E-state index in [9.17, 15) is 13.2 Å². The SMILES string of the molecule is CNS(=O)(=O)c1ccc(Nc2ncc3c(n2)N(C)C(c2ccccc2C)C(=O)N3C)cc1. The first kappa shape index (κ1) is 21.7. The number of carbonyl (C=O) groups is 1. The maximum absolute atomic E-state index is 13.1. The van der Waals surface area contributed by atoms with Crippen molar-refractivity contribution in [3.8, 4) is 0 Å². The second-order valence-electron chi connectivity index (χ2n) is 7.53. The number of anilines is 4. The van der Waals surface area contributed by atoms with Crippen LogP contribution in [0.2, 0.25) is 0 Å². The van der Waals surface area contributed by atoms with Crippen LogP contribution in [-0.4, -0.2) is 45.4 Å². The number of rotatable bonds is 5. The molecule has 32 heavy (non-hydrogen) atoms. The van der Waals surface area contributed by atoms with Crippen LogP contribution < -0.4 is 19.8 Å². The molecule has 0 radical (unpaired) electrons. The largest absolute Gasteiger partial charge is 0.342 e. The minimum Gasteiger partial charge on any atom is -0.342 e. The number of aromatic nitrogens is 2. The summed E-state index contributed by atoms with van der Waals surface area (Å²) in [6.45, 7) is 1.98. The van der Waals surface area contributed by atoms with Crippen LogP contribution >= 0.6 is 0 Å². The van der Waals surface area contributed by atoms with E-state index in [2.05, 4.69) is 20.0 Å². The Morgan fingerprint density at radius 1 is 1.03 bits per heavy atom. The number of likely N-dealkylation sites (N-methyl/N-ethyl adjacent to an activating group) is 2. The molecule has 0 saturated carbocycles. The van der Waals surface area contributed by atoms with E-state index in [1.807, 2.05) is 43.1 Å². The molecule has 0 aliphatic carbocycles. The molecule has 4 rings (SSSR count). The monoisotopic (exact) mass is 452 g/mol. The van der Waals surface area contributed by atoms with Crippen molar-refractivity contribution in [2.75, 3.05) is 36.3 Å². The Kier molecular flexibility index (Phi) is 5.57. The second kappa shape index (κ2) is 8.21. The van der Waals surface area contributed by atoms with Crippen LogP contribution in [0.25, 0.3) is 0 Å². The third kappa shape index (κ3) is 3.78. The quantitative estimate of drug-likeness (QED) is 0.613. The van der Waals surface area contributed by atoms with Gasteiger partial charge in [0.15, 0.2) is 5.82 Å². The summed E-state index contributed by atoms with van der Waals surface area (Å²) >= 11 is 0. The fourth-order valence-corrected chi connectivity index (χ4v) is 4.44. The third-order valence-electron chi connectivity index (χ3n) is 5.57. The summed E-state index contributed by atoms with van der Waals surface area (Å²) in [6, 6.07) is 13.6. The summed E-state index contributed by atoms with van der Waals surface area (Å²) in [4.78, 5) is 25.7. The Hall–Kier alpha value is -3.50. The summed E-state index contributed by atoms with van der Waals surface area (Å²) in [6.07, 6.45) is 1.60. The van der Waals surface area contributed by atoms with Gasteiger partial charge in [-0.05, 0) is 49.4 Å². The molecule has 0 fully saturated rings. The fourth-order valence-electron chi connectivity index (χ4n) is 3.71. The summed E-state index contributed by atoms with van der Waals surface area (Å²) in [5.41, 5.74) is 3.20. The van der Waals surface area contributed by atoms with Gasteiger partial charge in [-0.3, -0.25) is 4.79 Å². The molecule has 1 amide bonds. The molecule has 1 aromatic heterocycles. The number of aryl methyl sites for hydroxylation is 1. The first-order chi connectivity index (χ1) is 15.2. The summed E-state index contributed by atoms with van der Waals surface area (Å²) in [5.74, 6) is 0.901. The van der Waals surface area contributed by atoms with Gasteiger partial charge in [-0.15, -0.1) is 0 Å². The molecule has 9 nitrogen and oxygen atoms in total. The lowest BCUT2D eigenvalue weighted by Crippen LogP contribution is -2.45. The molecular weight excluding hydrogens is 428 g/mol. The Bertz CT molecular complexity index is 1280. The zero-order chi connectivity index (χ0) is 23.0. The van der Waals surface area contributed by atoms with Crippen molar-refractivity contribution in [1.29, 1.82) is 0 Å². The number of hydrogen-bond donors (Lipinski definition) is 2. The summed E-state index contributed by atoms with van der Waals surface area (Å²) < 4.78 is 26.1. The van der Waals surface area contributed by atoms with Gasteiger partial charge in [0, 0.05) is 19.8 Å². The van der Waals surface area contributed by atoms with Crippen LogP contribution in [-0.2, 0) is 14.8 Å². The van der Waals surface area contributed by atoms with Gasteiger partial charge in [0.2, 0.25) is 16.0 Å². The third-order valence-corrected chi connectivity index (χ3v) is 7.00. The van der Waals surface area contributed by atoms with Gasteiger partial charge in [0.1, 0.15) is 11.7 Å². The predicted molar refractivity (Wildman–Crippen MR) is 124 cm³/mol. The van der Waals surface area contributed by atoms with E-state index in [1.54, 1.807) is 30.3 Å². The van der Waals surface area contributed by atoms with Gasteiger partial charge < -0.3 is 15.1 Å². The first-order valence-electron chi connectivity index (χ1n) is 9.96. The molecular formula is C22H24N6O3S. The number of fused-ring (bicyclic) bond motifs is 1. The first-order valence-corrected chi connectivity index (χ1v) is 11.4. The Morgan fingerprint density at radius 2 is 1.72 bits per heavy atom. The average molecular weight is 453 g/mol. The van der Waals surface area contributed by atoms with E-state index in [0.717, 1.165) is 11.1 Å². The highest BCUT2D eigenvalue weighted by Gasteiger charge is 2.37. The maximum Gasteiger partial charge on any atom is 0.254 e. The molecule has 1 atom stereocenters. The number of sulfonamides is 1. The van der Waals surface area contributed by atoms with Crippen LogP contribution in [0.3, 0.4) is 0 Å². The molecule has 0 bridgehead atoms. The maximum atomic E-state index is 13.1. The van der Waals surface area contributed by atoms with Crippen molar-refractivity contribution in [3.63, 3.8) is 0 Å². The smallest absolute Gasteiger partial charge is 0.254 e. The molecule has 3 aromatic rings. The topological polar surface area (TPSA) is 108 Å². The highest BCUT2D eigenvalue weighted by molar-refractivity contribution is 7.89. The van der Waals surface area contributed by atoms with E-state index < -0.39 is 16.1 Å². The normalized spacial score (nSPS) is 16.1. The highest BCUT2D eigenvalue weighted by Crippen LogP contribution is 2.39. The summed E-state index contributed by atoms with van der Waals surface area (Å²) in [5, 5.41) is 3.10. The fraction of sp³-hybridized carbons (Fsp3) is 0.227. The molecule has 1 aliphatic heterocycles. The number of nitrogens with one attached hydrogen (secondary N) is 2. The predicted octanol–water partition coefficient (Wildman–Crippen LogP) is 2.59. The highest BCUT2D eigenvalue weighted by atomic mass is 32.2. The lowest BCUT2D eigenvalue weighted by Gasteiger charge is -2.39. The van der Waals surface area contributed by atoms with Gasteiger partial charge in [0.05, 0.1) is 11.1 Å².